The van der Waals surface area contributed by atoms with E-state index in [4.69, 9.17) is 4.74 Å². The van der Waals surface area contributed by atoms with Gasteiger partial charge in [0.25, 0.3) is 5.91 Å². The lowest BCUT2D eigenvalue weighted by molar-refractivity contribution is 0.0246. The molecule has 0 radical (unpaired) electrons. The molecule has 0 aromatic heterocycles. The monoisotopic (exact) mass is 355 g/mol. The van der Waals surface area contributed by atoms with Crippen molar-refractivity contribution in [2.45, 2.75) is 44.1 Å². The van der Waals surface area contributed by atoms with Gasteiger partial charge in [0.1, 0.15) is 5.75 Å². The molecule has 0 spiro atoms. The highest BCUT2D eigenvalue weighted by Gasteiger charge is 2.28. The summed E-state index contributed by atoms with van der Waals surface area (Å²) in [6.07, 6.45) is 5.92. The molecule has 1 aromatic carbocycles. The van der Waals surface area contributed by atoms with Crippen molar-refractivity contribution in [2.75, 3.05) is 13.7 Å². The van der Waals surface area contributed by atoms with E-state index in [0.29, 0.717) is 17.9 Å². The summed E-state index contributed by atoms with van der Waals surface area (Å²) in [6.45, 7) is 0.315. The average molecular weight is 356 g/mol. The molecule has 0 heterocycles. The lowest BCUT2D eigenvalue weighted by atomic mass is 9.94. The molecule has 1 amide bonds. The smallest absolute Gasteiger partial charge is 0.251 e. The molecule has 21 heavy (non-hydrogen) atoms. The molecule has 5 heteroatoms. The number of benzene rings is 1. The van der Waals surface area contributed by atoms with E-state index in [0.717, 1.165) is 30.2 Å². The molecule has 0 saturated heterocycles. The van der Waals surface area contributed by atoms with Gasteiger partial charge in [0.2, 0.25) is 0 Å². The minimum atomic E-state index is -0.754. The number of aliphatic hydroxyl groups is 1. The normalized spacial score (nSPS) is 17.9. The van der Waals surface area contributed by atoms with E-state index in [1.54, 1.807) is 25.3 Å². The van der Waals surface area contributed by atoms with Crippen LogP contribution in [0.2, 0.25) is 0 Å². The fraction of sp³-hybridized carbons (Fsp3) is 0.562. The third-order valence-corrected chi connectivity index (χ3v) is 4.65. The molecule has 1 saturated carbocycles. The standard InChI is InChI=1S/C16H22BrNO3/c1-21-14-7-6-12(10-13(14)17)15(19)18-11-16(20)8-4-2-3-5-9-16/h6-7,10,20H,2-5,8-9,11H2,1H3,(H,18,19). The number of ether oxygens (including phenoxy) is 1. The van der Waals surface area contributed by atoms with Crippen LogP contribution >= 0.6 is 15.9 Å². The maximum atomic E-state index is 12.2. The van der Waals surface area contributed by atoms with Crippen LogP contribution in [-0.4, -0.2) is 30.3 Å². The Hall–Kier alpha value is -1.07. The first-order chi connectivity index (χ1) is 10.0. The zero-order valence-electron chi connectivity index (χ0n) is 12.3. The van der Waals surface area contributed by atoms with Gasteiger partial charge in [-0.1, -0.05) is 25.7 Å². The van der Waals surface area contributed by atoms with Crippen molar-refractivity contribution in [3.05, 3.63) is 28.2 Å². The summed E-state index contributed by atoms with van der Waals surface area (Å²) < 4.78 is 5.89. The second kappa shape index (κ2) is 7.27. The van der Waals surface area contributed by atoms with Gasteiger partial charge in [0.15, 0.2) is 0 Å². The summed E-state index contributed by atoms with van der Waals surface area (Å²) in [5.41, 5.74) is -0.199. The Kier molecular flexibility index (Phi) is 5.65. The Morgan fingerprint density at radius 1 is 1.33 bits per heavy atom. The quantitative estimate of drug-likeness (QED) is 0.814. The van der Waals surface area contributed by atoms with Gasteiger partial charge in [-0.3, -0.25) is 4.79 Å². The topological polar surface area (TPSA) is 58.6 Å². The van der Waals surface area contributed by atoms with Gasteiger partial charge in [-0.2, -0.15) is 0 Å². The fourth-order valence-corrected chi connectivity index (χ4v) is 3.26. The van der Waals surface area contributed by atoms with Gasteiger partial charge in [-0.15, -0.1) is 0 Å². The van der Waals surface area contributed by atoms with Crippen LogP contribution < -0.4 is 10.1 Å². The number of hydrogen-bond donors (Lipinski definition) is 2. The average Bonchev–Trinajstić information content (AvgIpc) is 2.70. The SMILES string of the molecule is COc1ccc(C(=O)NCC2(O)CCCCCC2)cc1Br. The second-order valence-electron chi connectivity index (χ2n) is 5.67. The first-order valence-electron chi connectivity index (χ1n) is 7.38. The molecule has 4 nitrogen and oxygen atoms in total. The van der Waals surface area contributed by atoms with Gasteiger partial charge in [-0.05, 0) is 47.0 Å². The molecule has 0 aliphatic heterocycles. The highest BCUT2D eigenvalue weighted by atomic mass is 79.9. The summed E-state index contributed by atoms with van der Waals surface area (Å²) in [5.74, 6) is 0.518. The molecule has 2 rings (SSSR count). The molecular formula is C16H22BrNO3. The van der Waals surface area contributed by atoms with E-state index >= 15 is 0 Å². The Bertz CT molecular complexity index is 496. The second-order valence-corrected chi connectivity index (χ2v) is 6.52. The third-order valence-electron chi connectivity index (χ3n) is 4.03. The van der Waals surface area contributed by atoms with Gasteiger partial charge in [0, 0.05) is 12.1 Å². The maximum Gasteiger partial charge on any atom is 0.251 e. The summed E-state index contributed by atoms with van der Waals surface area (Å²) in [6, 6.07) is 5.20. The zero-order valence-corrected chi connectivity index (χ0v) is 13.9. The molecular weight excluding hydrogens is 334 g/mol. The number of rotatable bonds is 4. The highest BCUT2D eigenvalue weighted by Crippen LogP contribution is 2.27. The first-order valence-corrected chi connectivity index (χ1v) is 8.17. The van der Waals surface area contributed by atoms with Crippen LogP contribution in [0.25, 0.3) is 0 Å². The molecule has 1 aliphatic carbocycles. The first kappa shape index (κ1) is 16.3. The number of methoxy groups -OCH3 is 1. The van der Waals surface area contributed by atoms with Crippen LogP contribution in [-0.2, 0) is 0 Å². The van der Waals surface area contributed by atoms with Crippen LogP contribution in [0.4, 0.5) is 0 Å². The predicted molar refractivity (Wildman–Crippen MR) is 85.7 cm³/mol. The van der Waals surface area contributed by atoms with E-state index in [1.165, 1.54) is 12.8 Å². The van der Waals surface area contributed by atoms with Gasteiger partial charge < -0.3 is 15.2 Å². The third kappa shape index (κ3) is 4.45. The largest absolute Gasteiger partial charge is 0.496 e. The van der Waals surface area contributed by atoms with Crippen molar-refractivity contribution in [2.24, 2.45) is 0 Å². The van der Waals surface area contributed by atoms with Crippen LogP contribution in [0, 0.1) is 0 Å². The summed E-state index contributed by atoms with van der Waals surface area (Å²) >= 11 is 3.37. The number of hydrogen-bond acceptors (Lipinski definition) is 3. The van der Waals surface area contributed by atoms with E-state index in [9.17, 15) is 9.90 Å². The molecule has 1 fully saturated rings. The Labute approximate surface area is 134 Å². The number of amides is 1. The summed E-state index contributed by atoms with van der Waals surface area (Å²) in [7, 11) is 1.58. The van der Waals surface area contributed by atoms with Gasteiger partial charge in [0.05, 0.1) is 17.2 Å². The minimum absolute atomic E-state index is 0.170. The van der Waals surface area contributed by atoms with E-state index < -0.39 is 5.60 Å². The number of carbonyl (C=O) groups is 1. The molecule has 116 valence electrons. The summed E-state index contributed by atoms with van der Waals surface area (Å²) in [4.78, 5) is 12.2. The predicted octanol–water partition coefficient (Wildman–Crippen LogP) is 3.27. The highest BCUT2D eigenvalue weighted by molar-refractivity contribution is 9.10. The van der Waals surface area contributed by atoms with Crippen molar-refractivity contribution in [3.8, 4) is 5.75 Å². The van der Waals surface area contributed by atoms with Crippen molar-refractivity contribution in [3.63, 3.8) is 0 Å². The van der Waals surface area contributed by atoms with Gasteiger partial charge in [-0.25, -0.2) is 0 Å². The van der Waals surface area contributed by atoms with E-state index in [2.05, 4.69) is 21.2 Å². The minimum Gasteiger partial charge on any atom is -0.496 e. The number of carbonyl (C=O) groups excluding carboxylic acids is 1. The van der Waals surface area contributed by atoms with Gasteiger partial charge >= 0.3 is 0 Å². The van der Waals surface area contributed by atoms with Crippen molar-refractivity contribution in [1.82, 2.24) is 5.32 Å². The zero-order chi connectivity index (χ0) is 15.3. The number of nitrogens with one attached hydrogen (secondary N) is 1. The van der Waals surface area contributed by atoms with Crippen LogP contribution in [0.15, 0.2) is 22.7 Å². The Morgan fingerprint density at radius 3 is 2.57 bits per heavy atom. The lowest BCUT2D eigenvalue weighted by Crippen LogP contribution is -2.42. The molecule has 0 bridgehead atoms. The Morgan fingerprint density at radius 2 is 2.00 bits per heavy atom. The van der Waals surface area contributed by atoms with Crippen LogP contribution in [0.3, 0.4) is 0 Å². The van der Waals surface area contributed by atoms with E-state index in [-0.39, 0.29) is 5.91 Å². The van der Waals surface area contributed by atoms with Crippen molar-refractivity contribution >= 4 is 21.8 Å². The number of halogens is 1. The maximum absolute atomic E-state index is 12.2. The fourth-order valence-electron chi connectivity index (χ4n) is 2.72. The molecule has 0 atom stereocenters. The summed E-state index contributed by atoms with van der Waals surface area (Å²) in [5, 5.41) is 13.4. The molecule has 2 N–H and O–H groups in total. The van der Waals surface area contributed by atoms with Crippen molar-refractivity contribution in [1.29, 1.82) is 0 Å². The van der Waals surface area contributed by atoms with E-state index in [1.807, 2.05) is 0 Å². The van der Waals surface area contributed by atoms with Crippen LogP contribution in [0.5, 0.6) is 5.75 Å². The molecule has 0 unspecified atom stereocenters. The van der Waals surface area contributed by atoms with Crippen LogP contribution in [0.1, 0.15) is 48.9 Å². The Balaban J connectivity index is 1.96. The van der Waals surface area contributed by atoms with Crippen molar-refractivity contribution < 1.29 is 14.6 Å². The molecule has 1 aromatic rings. The lowest BCUT2D eigenvalue weighted by Gasteiger charge is -2.26. The molecule has 1 aliphatic rings.